The number of nitrogens with zero attached hydrogens (tertiary/aromatic N) is 1. The molecular formula is C34H31IN2O4PS+. The van der Waals surface area contributed by atoms with Gasteiger partial charge in [0.05, 0.1) is 12.6 Å². The maximum atomic E-state index is 13.4. The second-order valence-electron chi connectivity index (χ2n) is 10.3. The molecule has 43 heavy (non-hydrogen) atoms. The topological polar surface area (TPSA) is 86.7 Å². The van der Waals surface area contributed by atoms with Gasteiger partial charge in [0.1, 0.15) is 40.3 Å². The molecule has 2 aliphatic heterocycles. The van der Waals surface area contributed by atoms with Crippen LogP contribution >= 0.6 is 43.0 Å². The van der Waals surface area contributed by atoms with E-state index in [1.807, 2.05) is 84.9 Å². The molecular weight excluding hydrogens is 690 g/mol. The van der Waals surface area contributed by atoms with Crippen LogP contribution in [0.4, 0.5) is 0 Å². The molecule has 4 aromatic carbocycles. The summed E-state index contributed by atoms with van der Waals surface area (Å²) in [7, 11) is -2.36. The van der Waals surface area contributed by atoms with Gasteiger partial charge in [0, 0.05) is 11.3 Å². The van der Waals surface area contributed by atoms with Crippen molar-refractivity contribution in [2.45, 2.75) is 17.8 Å². The minimum absolute atomic E-state index is 0. The molecule has 6 nitrogen and oxygen atoms in total. The number of carboxylic acids is 1. The summed E-state index contributed by atoms with van der Waals surface area (Å²) in [6, 6.07) is 39.5. The lowest BCUT2D eigenvalue weighted by atomic mass is 10.0. The molecule has 2 atom stereocenters. The van der Waals surface area contributed by atoms with Crippen molar-refractivity contribution in [3.8, 4) is 0 Å². The van der Waals surface area contributed by atoms with Crippen LogP contribution in [0.15, 0.2) is 133 Å². The van der Waals surface area contributed by atoms with Crippen molar-refractivity contribution < 1.29 is 19.5 Å². The first-order valence-corrected chi connectivity index (χ1v) is 16.8. The fourth-order valence-corrected chi connectivity index (χ4v) is 11.7. The number of carboxylic acid groups (broad SMARTS) is 1. The molecule has 2 heterocycles. The number of nitrogens with one attached hydrogen (secondary N) is 1. The van der Waals surface area contributed by atoms with E-state index in [1.165, 1.54) is 16.7 Å². The third-order valence-corrected chi connectivity index (χ3v) is 13.5. The highest BCUT2D eigenvalue weighted by Crippen LogP contribution is 2.58. The number of fused-ring (bicyclic) bond motifs is 1. The van der Waals surface area contributed by atoms with E-state index in [0.717, 1.165) is 27.1 Å². The zero-order chi connectivity index (χ0) is 29.1. The summed E-state index contributed by atoms with van der Waals surface area (Å²) in [5.74, 6) is -1.31. The van der Waals surface area contributed by atoms with E-state index in [1.54, 1.807) is 0 Å². The van der Waals surface area contributed by atoms with Gasteiger partial charge in [-0.1, -0.05) is 84.9 Å². The number of thioether (sulfide) groups is 1. The van der Waals surface area contributed by atoms with Gasteiger partial charge in [-0.25, -0.2) is 4.79 Å². The van der Waals surface area contributed by atoms with Gasteiger partial charge in [-0.2, -0.15) is 0 Å². The van der Waals surface area contributed by atoms with Crippen LogP contribution in [0.1, 0.15) is 5.56 Å². The lowest BCUT2D eigenvalue weighted by Crippen LogP contribution is -2.70. The van der Waals surface area contributed by atoms with Crippen LogP contribution in [0.5, 0.6) is 0 Å². The Morgan fingerprint density at radius 1 is 0.791 bits per heavy atom. The first-order valence-electron chi connectivity index (χ1n) is 13.8. The molecule has 1 saturated heterocycles. The number of β-lactam (4-membered cyclic amide) rings is 1. The third kappa shape index (κ3) is 6.01. The molecule has 0 aromatic heterocycles. The lowest BCUT2D eigenvalue weighted by Gasteiger charge is -2.49. The van der Waals surface area contributed by atoms with Gasteiger partial charge in [0.25, 0.3) is 5.91 Å². The molecule has 0 aliphatic carbocycles. The largest absolute Gasteiger partial charge is 0.477 e. The SMILES string of the molecule is I.O=C(Cc1ccccc1)NC1C(=O)N2C(C(=O)O)=C(C[P+](c3ccccc3)(c3ccccc3)c3ccccc3)CS[C@@H]12. The standard InChI is InChI=1S/C34H29N2O4PS.HI/c37-29(21-24-13-5-1-6-14-24)35-30-32(38)36-31(34(39)40)25(23-42-33(30)36)22-41(26-15-7-2-8-16-26,27-17-9-3-10-18-27)28-19-11-4-12-20-28;/h1-20,30,33H,21-23H2,(H-,35,37,39,40);1H/p+1/t30?,33-;/m0./s1. The number of rotatable bonds is 9. The molecule has 1 fully saturated rings. The van der Waals surface area contributed by atoms with Crippen molar-refractivity contribution >= 4 is 76.7 Å². The van der Waals surface area contributed by atoms with Crippen molar-refractivity contribution in [2.75, 3.05) is 11.9 Å². The van der Waals surface area contributed by atoms with E-state index in [4.69, 9.17) is 0 Å². The highest BCUT2D eigenvalue weighted by Gasteiger charge is 2.56. The fourth-order valence-electron chi connectivity index (χ4n) is 5.87. The zero-order valence-electron chi connectivity index (χ0n) is 23.2. The summed E-state index contributed by atoms with van der Waals surface area (Å²) in [6.07, 6.45) is 0.647. The monoisotopic (exact) mass is 721 g/mol. The van der Waals surface area contributed by atoms with Gasteiger partial charge in [-0.05, 0) is 42.0 Å². The number of halogens is 1. The number of carbonyl (C=O) groups excluding carboxylic acids is 2. The van der Waals surface area contributed by atoms with Gasteiger partial charge in [-0.15, -0.1) is 35.7 Å². The average molecular weight is 722 g/mol. The Morgan fingerprint density at radius 3 is 1.72 bits per heavy atom. The maximum Gasteiger partial charge on any atom is 0.352 e. The fraction of sp³-hybridized carbons (Fsp3) is 0.147. The Kier molecular flexibility index (Phi) is 9.69. The van der Waals surface area contributed by atoms with Crippen LogP contribution in [-0.2, 0) is 20.8 Å². The molecule has 1 unspecified atom stereocenters. The summed E-state index contributed by atoms with van der Waals surface area (Å²) < 4.78 is 0. The van der Waals surface area contributed by atoms with Crippen LogP contribution in [0.2, 0.25) is 0 Å². The molecule has 4 aromatic rings. The predicted molar refractivity (Wildman–Crippen MR) is 185 cm³/mol. The lowest BCUT2D eigenvalue weighted by molar-refractivity contribution is -0.150. The van der Waals surface area contributed by atoms with Crippen molar-refractivity contribution in [2.24, 2.45) is 0 Å². The summed E-state index contributed by atoms with van der Waals surface area (Å²) >= 11 is 1.52. The van der Waals surface area contributed by atoms with Gasteiger partial charge in [-0.3, -0.25) is 14.5 Å². The summed E-state index contributed by atoms with van der Waals surface area (Å²) in [5.41, 5.74) is 1.63. The van der Waals surface area contributed by atoms with Crippen LogP contribution in [-0.4, -0.2) is 51.1 Å². The number of hydrogen-bond acceptors (Lipinski definition) is 4. The van der Waals surface area contributed by atoms with Gasteiger partial charge in [0.15, 0.2) is 0 Å². The minimum Gasteiger partial charge on any atom is -0.477 e. The summed E-state index contributed by atoms with van der Waals surface area (Å²) in [4.78, 5) is 40.4. The smallest absolute Gasteiger partial charge is 0.352 e. The quantitative estimate of drug-likeness (QED) is 0.150. The number of aliphatic carboxylic acids is 1. The van der Waals surface area contributed by atoms with Gasteiger partial charge < -0.3 is 10.4 Å². The summed E-state index contributed by atoms with van der Waals surface area (Å²) in [6.45, 7) is 0. The first kappa shape index (κ1) is 31.0. The first-order chi connectivity index (χ1) is 20.5. The van der Waals surface area contributed by atoms with E-state index < -0.39 is 24.6 Å². The Balaban J connectivity index is 0.00000368. The predicted octanol–water partition coefficient (Wildman–Crippen LogP) is 4.58. The highest BCUT2D eigenvalue weighted by molar-refractivity contribution is 14.0. The van der Waals surface area contributed by atoms with E-state index in [2.05, 4.69) is 41.7 Å². The Labute approximate surface area is 272 Å². The van der Waals surface area contributed by atoms with Crippen molar-refractivity contribution in [3.05, 3.63) is 138 Å². The van der Waals surface area contributed by atoms with E-state index in [9.17, 15) is 19.5 Å². The van der Waals surface area contributed by atoms with Crippen LogP contribution < -0.4 is 21.2 Å². The van der Waals surface area contributed by atoms with Crippen molar-refractivity contribution in [1.82, 2.24) is 10.2 Å². The van der Waals surface area contributed by atoms with Crippen LogP contribution in [0, 0.1) is 0 Å². The highest BCUT2D eigenvalue weighted by atomic mass is 127. The molecule has 6 rings (SSSR count). The molecule has 2 aliphatic rings. The van der Waals surface area contributed by atoms with Crippen LogP contribution in [0.3, 0.4) is 0 Å². The van der Waals surface area contributed by atoms with Crippen molar-refractivity contribution in [3.63, 3.8) is 0 Å². The molecule has 0 spiro atoms. The zero-order valence-corrected chi connectivity index (χ0v) is 27.2. The van der Waals surface area contributed by atoms with E-state index in [-0.39, 0.29) is 47.9 Å². The normalized spacial score (nSPS) is 17.8. The summed E-state index contributed by atoms with van der Waals surface area (Å²) in [5, 5.41) is 16.3. The van der Waals surface area contributed by atoms with Gasteiger partial charge in [0.2, 0.25) is 5.91 Å². The average Bonchev–Trinajstić information content (AvgIpc) is 3.03. The minimum atomic E-state index is -2.36. The third-order valence-electron chi connectivity index (χ3n) is 7.79. The molecule has 0 radical (unpaired) electrons. The molecule has 218 valence electrons. The van der Waals surface area contributed by atoms with E-state index >= 15 is 0 Å². The Morgan fingerprint density at radius 2 is 1.26 bits per heavy atom. The number of amides is 2. The Hall–Kier alpha value is -3.46. The van der Waals surface area contributed by atoms with Crippen molar-refractivity contribution in [1.29, 1.82) is 0 Å². The van der Waals surface area contributed by atoms with E-state index in [0.29, 0.717) is 11.9 Å². The molecule has 0 bridgehead atoms. The second-order valence-corrected chi connectivity index (χ2v) is 14.9. The second kappa shape index (κ2) is 13.5. The Bertz CT molecular complexity index is 1540. The molecule has 9 heteroatoms. The molecule has 2 N–H and O–H groups in total. The number of hydrogen-bond donors (Lipinski definition) is 2. The number of benzene rings is 4. The molecule has 2 amide bonds. The van der Waals surface area contributed by atoms with Gasteiger partial charge >= 0.3 is 5.97 Å². The molecule has 0 saturated carbocycles. The van der Waals surface area contributed by atoms with Crippen LogP contribution in [0.25, 0.3) is 0 Å². The maximum absolute atomic E-state index is 13.4. The number of carbonyl (C=O) groups is 3.